The average molecular weight is 503 g/mol. The van der Waals surface area contributed by atoms with Gasteiger partial charge in [0.1, 0.15) is 6.04 Å². The molecule has 5 heteroatoms. The van der Waals surface area contributed by atoms with Crippen molar-refractivity contribution in [1.82, 2.24) is 10.2 Å². The van der Waals surface area contributed by atoms with Gasteiger partial charge >= 0.3 is 0 Å². The topological polar surface area (TPSA) is 49.4 Å². The van der Waals surface area contributed by atoms with Crippen LogP contribution in [0.15, 0.2) is 78.9 Å². The van der Waals surface area contributed by atoms with Gasteiger partial charge in [0.15, 0.2) is 0 Å². The summed E-state index contributed by atoms with van der Waals surface area (Å²) in [7, 11) is 0. The van der Waals surface area contributed by atoms with Crippen LogP contribution in [0.5, 0.6) is 0 Å². The Morgan fingerprint density at radius 3 is 2.22 bits per heavy atom. The molecular weight excluding hydrogens is 464 g/mol. The summed E-state index contributed by atoms with van der Waals surface area (Å²) in [5.41, 5.74) is 5.68. The van der Waals surface area contributed by atoms with Crippen molar-refractivity contribution in [3.63, 3.8) is 0 Å². The van der Waals surface area contributed by atoms with E-state index in [9.17, 15) is 9.59 Å². The second-order valence-electron chi connectivity index (χ2n) is 9.45. The fourth-order valence-corrected chi connectivity index (χ4v) is 4.97. The van der Waals surface area contributed by atoms with E-state index in [2.05, 4.69) is 43.4 Å². The zero-order chi connectivity index (χ0) is 25.9. The van der Waals surface area contributed by atoms with Crippen molar-refractivity contribution >= 4 is 23.6 Å². The highest BCUT2D eigenvalue weighted by Gasteiger charge is 2.30. The summed E-state index contributed by atoms with van der Waals surface area (Å²) in [4.78, 5) is 29.0. The molecule has 3 rings (SSSR count). The van der Waals surface area contributed by atoms with Gasteiger partial charge in [-0.3, -0.25) is 9.59 Å². The van der Waals surface area contributed by atoms with Gasteiger partial charge in [-0.05, 0) is 49.4 Å². The minimum absolute atomic E-state index is 0.0191. The maximum absolute atomic E-state index is 13.7. The van der Waals surface area contributed by atoms with Crippen LogP contribution in [0.3, 0.4) is 0 Å². The number of carbonyl (C=O) groups excluding carboxylic acids is 2. The summed E-state index contributed by atoms with van der Waals surface area (Å²) < 4.78 is 0. The third kappa shape index (κ3) is 8.27. The predicted molar refractivity (Wildman–Crippen MR) is 151 cm³/mol. The minimum atomic E-state index is -0.589. The summed E-state index contributed by atoms with van der Waals surface area (Å²) in [6.07, 6.45) is 1.31. The first kappa shape index (κ1) is 27.5. The van der Waals surface area contributed by atoms with Gasteiger partial charge < -0.3 is 10.2 Å². The molecule has 0 heterocycles. The molecule has 2 amide bonds. The minimum Gasteiger partial charge on any atom is -0.352 e. The Morgan fingerprint density at radius 1 is 0.889 bits per heavy atom. The van der Waals surface area contributed by atoms with Crippen LogP contribution in [-0.4, -0.2) is 34.6 Å². The molecule has 0 saturated carbocycles. The predicted octanol–water partition coefficient (Wildman–Crippen LogP) is 6.09. The average Bonchev–Trinajstić information content (AvgIpc) is 2.88. The molecule has 0 radical (unpaired) electrons. The molecule has 3 aromatic rings. The van der Waals surface area contributed by atoms with Crippen LogP contribution >= 0.6 is 11.8 Å². The fraction of sp³-hybridized carbons (Fsp3) is 0.355. The number of hydrogen-bond donors (Lipinski definition) is 1. The molecule has 0 bridgehead atoms. The van der Waals surface area contributed by atoms with Crippen molar-refractivity contribution in [3.8, 4) is 0 Å². The molecule has 3 aromatic carbocycles. The molecular formula is C31H38N2O2S. The smallest absolute Gasteiger partial charge is 0.243 e. The van der Waals surface area contributed by atoms with Crippen LogP contribution in [-0.2, 0) is 28.3 Å². The number of carbonyl (C=O) groups is 2. The highest BCUT2D eigenvalue weighted by atomic mass is 32.2. The standard InChI is InChI=1S/C31H38N2O2S/c1-5-25(4)32-31(35)29(19-26-12-7-6-8-13-26)33(20-27-17-15-23(2)16-18-27)30(34)22-36-21-28-14-10-9-11-24(28)3/h6-18,25,29H,5,19-22H2,1-4H3,(H,32,35)/t25-,29-/m0/s1. The summed E-state index contributed by atoms with van der Waals surface area (Å²) in [5.74, 6) is 0.966. The highest BCUT2D eigenvalue weighted by molar-refractivity contribution is 7.99. The third-order valence-corrected chi connectivity index (χ3v) is 7.46. The number of rotatable bonds is 12. The molecule has 36 heavy (non-hydrogen) atoms. The lowest BCUT2D eigenvalue weighted by atomic mass is 10.0. The van der Waals surface area contributed by atoms with Crippen molar-refractivity contribution in [2.24, 2.45) is 0 Å². The van der Waals surface area contributed by atoms with Crippen molar-refractivity contribution in [2.75, 3.05) is 5.75 Å². The Kier molecular flexibility index (Phi) is 10.6. The Hall–Kier alpha value is -3.05. The summed E-state index contributed by atoms with van der Waals surface area (Å²) >= 11 is 1.60. The Labute approximate surface area is 220 Å². The van der Waals surface area contributed by atoms with Crippen molar-refractivity contribution < 1.29 is 9.59 Å². The fourth-order valence-electron chi connectivity index (χ4n) is 3.99. The maximum atomic E-state index is 13.7. The SMILES string of the molecule is CC[C@H](C)NC(=O)[C@H](Cc1ccccc1)N(Cc1ccc(C)cc1)C(=O)CSCc1ccccc1C. The van der Waals surface area contributed by atoms with Crippen molar-refractivity contribution in [3.05, 3.63) is 107 Å². The van der Waals surface area contributed by atoms with Crippen molar-refractivity contribution in [2.45, 2.75) is 64.9 Å². The third-order valence-electron chi connectivity index (χ3n) is 6.49. The number of aryl methyl sites for hydroxylation is 2. The lowest BCUT2D eigenvalue weighted by Crippen LogP contribution is -2.52. The largest absolute Gasteiger partial charge is 0.352 e. The van der Waals surface area contributed by atoms with E-state index in [1.807, 2.05) is 68.4 Å². The Balaban J connectivity index is 1.85. The molecule has 0 aliphatic heterocycles. The normalized spacial score (nSPS) is 12.6. The Bertz CT molecular complexity index is 1110. The van der Waals surface area contributed by atoms with Crippen molar-refractivity contribution in [1.29, 1.82) is 0 Å². The van der Waals surface area contributed by atoms with Gasteiger partial charge in [-0.15, -0.1) is 11.8 Å². The van der Waals surface area contributed by atoms with Crippen LogP contribution in [0.4, 0.5) is 0 Å². The molecule has 1 N–H and O–H groups in total. The number of amides is 2. The lowest BCUT2D eigenvalue weighted by Gasteiger charge is -2.32. The molecule has 190 valence electrons. The van der Waals surface area contributed by atoms with E-state index in [-0.39, 0.29) is 17.9 Å². The first-order valence-corrected chi connectivity index (χ1v) is 13.8. The molecule has 4 nitrogen and oxygen atoms in total. The van der Waals surface area contributed by atoms with Crippen LogP contribution in [0, 0.1) is 13.8 Å². The number of nitrogens with one attached hydrogen (secondary N) is 1. The molecule has 0 saturated heterocycles. The van der Waals surface area contributed by atoms with E-state index in [0.717, 1.165) is 23.3 Å². The first-order valence-electron chi connectivity index (χ1n) is 12.7. The van der Waals surface area contributed by atoms with Gasteiger partial charge in [0.05, 0.1) is 5.75 Å². The summed E-state index contributed by atoms with van der Waals surface area (Å²) in [5, 5.41) is 3.13. The maximum Gasteiger partial charge on any atom is 0.243 e. The summed E-state index contributed by atoms with van der Waals surface area (Å²) in [6, 6.07) is 25.9. The second-order valence-corrected chi connectivity index (χ2v) is 10.4. The van der Waals surface area contributed by atoms with Crippen LogP contribution in [0.25, 0.3) is 0 Å². The number of thioether (sulfide) groups is 1. The molecule has 0 fully saturated rings. The van der Waals surface area contributed by atoms with Gasteiger partial charge in [0, 0.05) is 24.8 Å². The van der Waals surface area contributed by atoms with E-state index in [1.54, 1.807) is 16.7 Å². The van der Waals surface area contributed by atoms with Crippen LogP contribution in [0.2, 0.25) is 0 Å². The first-order chi connectivity index (χ1) is 17.4. The van der Waals surface area contributed by atoms with Gasteiger partial charge in [-0.2, -0.15) is 0 Å². The molecule has 0 aliphatic carbocycles. The molecule has 0 aromatic heterocycles. The highest BCUT2D eigenvalue weighted by Crippen LogP contribution is 2.20. The van der Waals surface area contributed by atoms with Gasteiger partial charge in [0.2, 0.25) is 11.8 Å². The van der Waals surface area contributed by atoms with Gasteiger partial charge in [0.25, 0.3) is 0 Å². The zero-order valence-electron chi connectivity index (χ0n) is 21.9. The molecule has 0 spiro atoms. The monoisotopic (exact) mass is 502 g/mol. The van der Waals surface area contributed by atoms with E-state index in [1.165, 1.54) is 16.7 Å². The van der Waals surface area contributed by atoms with E-state index >= 15 is 0 Å². The number of hydrogen-bond acceptors (Lipinski definition) is 3. The molecule has 0 unspecified atom stereocenters. The molecule has 0 aliphatic rings. The second kappa shape index (κ2) is 13.9. The number of benzene rings is 3. The lowest BCUT2D eigenvalue weighted by molar-refractivity contribution is -0.139. The Morgan fingerprint density at radius 2 is 1.56 bits per heavy atom. The summed E-state index contributed by atoms with van der Waals surface area (Å²) in [6.45, 7) is 8.59. The zero-order valence-corrected chi connectivity index (χ0v) is 22.7. The van der Waals surface area contributed by atoms with Crippen LogP contribution in [0.1, 0.15) is 48.1 Å². The quantitative estimate of drug-likeness (QED) is 0.326. The number of nitrogens with zero attached hydrogens (tertiary/aromatic N) is 1. The van der Waals surface area contributed by atoms with E-state index < -0.39 is 6.04 Å². The van der Waals surface area contributed by atoms with E-state index in [4.69, 9.17) is 0 Å². The van der Waals surface area contributed by atoms with Crippen LogP contribution < -0.4 is 5.32 Å². The van der Waals surface area contributed by atoms with E-state index in [0.29, 0.717) is 18.7 Å². The van der Waals surface area contributed by atoms with Gasteiger partial charge in [-0.1, -0.05) is 91.3 Å². The van der Waals surface area contributed by atoms with Gasteiger partial charge in [-0.25, -0.2) is 0 Å². The molecule has 2 atom stereocenters.